The van der Waals surface area contributed by atoms with Crippen LogP contribution in [0.1, 0.15) is 26.2 Å². The summed E-state index contributed by atoms with van der Waals surface area (Å²) in [5, 5.41) is 11.0. The molecular weight excluding hydrogens is 196 g/mol. The highest BCUT2D eigenvalue weighted by Gasteiger charge is 2.34. The minimum Gasteiger partial charge on any atom is -0.391 e. The Morgan fingerprint density at radius 3 is 3.07 bits per heavy atom. The fourth-order valence-electron chi connectivity index (χ4n) is 2.28. The smallest absolute Gasteiger partial charge is 0.159 e. The van der Waals surface area contributed by atoms with Gasteiger partial charge < -0.3 is 10.0 Å². The molecule has 80 valence electrons. The lowest BCUT2D eigenvalue weighted by Gasteiger charge is -2.28. The molecule has 14 heavy (non-hydrogen) atoms. The molecule has 2 fully saturated rings. The third-order valence-electron chi connectivity index (χ3n) is 2.95. The summed E-state index contributed by atoms with van der Waals surface area (Å²) in [5.74, 6) is 1.13. The van der Waals surface area contributed by atoms with Gasteiger partial charge in [-0.2, -0.15) is 0 Å². The van der Waals surface area contributed by atoms with E-state index in [4.69, 9.17) is 0 Å². The van der Waals surface area contributed by atoms with Crippen LogP contribution in [0.4, 0.5) is 0 Å². The number of aliphatic hydroxyl groups is 1. The number of hydrogen-bond acceptors (Lipinski definition) is 3. The van der Waals surface area contributed by atoms with Crippen LogP contribution in [0.25, 0.3) is 0 Å². The third kappa shape index (κ3) is 1.91. The normalized spacial score (nSPS) is 35.9. The Labute approximate surface area is 89.6 Å². The summed E-state index contributed by atoms with van der Waals surface area (Å²) in [4.78, 5) is 6.79. The van der Waals surface area contributed by atoms with Crippen LogP contribution in [0.5, 0.6) is 0 Å². The van der Waals surface area contributed by atoms with Gasteiger partial charge in [0.05, 0.1) is 12.1 Å². The van der Waals surface area contributed by atoms with Crippen molar-refractivity contribution in [3.05, 3.63) is 0 Å². The fraction of sp³-hybridized carbons (Fsp3) is 0.900. The largest absolute Gasteiger partial charge is 0.391 e. The molecule has 1 saturated heterocycles. The number of aliphatic hydroxyl groups excluding tert-OH is 1. The van der Waals surface area contributed by atoms with Crippen molar-refractivity contribution in [1.29, 1.82) is 0 Å². The highest BCUT2D eigenvalue weighted by Crippen LogP contribution is 2.30. The predicted molar refractivity (Wildman–Crippen MR) is 60.8 cm³/mol. The minimum atomic E-state index is -0.129. The molecule has 0 radical (unpaired) electrons. The first-order chi connectivity index (χ1) is 6.83. The molecule has 0 aromatic rings. The van der Waals surface area contributed by atoms with Gasteiger partial charge in [-0.15, -0.1) is 0 Å². The first kappa shape index (κ1) is 10.3. The fourth-order valence-corrected chi connectivity index (χ4v) is 3.36. The van der Waals surface area contributed by atoms with Crippen molar-refractivity contribution in [2.45, 2.75) is 38.3 Å². The van der Waals surface area contributed by atoms with E-state index in [0.29, 0.717) is 6.04 Å². The number of rotatable bonds is 2. The Kier molecular flexibility index (Phi) is 3.34. The van der Waals surface area contributed by atoms with Gasteiger partial charge in [-0.25, -0.2) is 0 Å². The zero-order valence-electron chi connectivity index (χ0n) is 8.65. The number of nitrogens with zero attached hydrogens (tertiary/aromatic N) is 2. The lowest BCUT2D eigenvalue weighted by molar-refractivity contribution is 0.113. The van der Waals surface area contributed by atoms with E-state index in [-0.39, 0.29) is 6.10 Å². The molecule has 0 bridgehead atoms. The molecule has 4 heteroatoms. The quantitative estimate of drug-likeness (QED) is 0.753. The zero-order valence-corrected chi connectivity index (χ0v) is 9.46. The molecule has 0 aromatic heterocycles. The highest BCUT2D eigenvalue weighted by atomic mass is 32.2. The van der Waals surface area contributed by atoms with Crippen molar-refractivity contribution in [1.82, 2.24) is 4.90 Å². The molecule has 1 heterocycles. The molecule has 0 aromatic carbocycles. The molecule has 1 N–H and O–H groups in total. The van der Waals surface area contributed by atoms with Crippen LogP contribution >= 0.6 is 11.8 Å². The summed E-state index contributed by atoms with van der Waals surface area (Å²) in [6.07, 6.45) is 3.12. The molecule has 3 nitrogen and oxygen atoms in total. The van der Waals surface area contributed by atoms with Crippen molar-refractivity contribution < 1.29 is 5.11 Å². The van der Waals surface area contributed by atoms with E-state index in [9.17, 15) is 5.11 Å². The van der Waals surface area contributed by atoms with E-state index >= 15 is 0 Å². The second-order valence-electron chi connectivity index (χ2n) is 3.86. The third-order valence-corrected chi connectivity index (χ3v) is 3.96. The predicted octanol–water partition coefficient (Wildman–Crippen LogP) is 1.32. The van der Waals surface area contributed by atoms with Crippen molar-refractivity contribution in [3.63, 3.8) is 0 Å². The van der Waals surface area contributed by atoms with Crippen molar-refractivity contribution in [2.24, 2.45) is 4.99 Å². The molecule has 2 rings (SSSR count). The lowest BCUT2D eigenvalue weighted by Crippen LogP contribution is -2.41. The van der Waals surface area contributed by atoms with Crippen LogP contribution in [-0.4, -0.2) is 46.2 Å². The highest BCUT2D eigenvalue weighted by molar-refractivity contribution is 8.14. The van der Waals surface area contributed by atoms with Crippen molar-refractivity contribution in [3.8, 4) is 0 Å². The Hall–Kier alpha value is -0.220. The molecule has 1 aliphatic carbocycles. The van der Waals surface area contributed by atoms with E-state index in [2.05, 4.69) is 16.8 Å². The first-order valence-electron chi connectivity index (χ1n) is 5.45. The molecule has 0 amide bonds. The van der Waals surface area contributed by atoms with Crippen LogP contribution in [0.3, 0.4) is 0 Å². The standard InChI is InChI=1S/C10H18N2OS/c1-2-11-10-12(6-7-14-10)8-4-3-5-9(8)13/h8-9,13H,2-7H2,1H3/b11-10-. The monoisotopic (exact) mass is 214 g/mol. The summed E-state index contributed by atoms with van der Waals surface area (Å²) in [7, 11) is 0. The molecular formula is C10H18N2OS. The van der Waals surface area contributed by atoms with Crippen LogP contribution in [0.15, 0.2) is 4.99 Å². The Bertz CT molecular complexity index is 232. The van der Waals surface area contributed by atoms with E-state index in [0.717, 1.165) is 43.3 Å². The Morgan fingerprint density at radius 1 is 1.57 bits per heavy atom. The summed E-state index contributed by atoms with van der Waals surface area (Å²) in [6.45, 7) is 3.97. The van der Waals surface area contributed by atoms with Gasteiger partial charge in [-0.3, -0.25) is 4.99 Å². The van der Waals surface area contributed by atoms with E-state index in [1.165, 1.54) is 0 Å². The van der Waals surface area contributed by atoms with Gasteiger partial charge in [0.25, 0.3) is 0 Å². The van der Waals surface area contributed by atoms with Gasteiger partial charge in [0.2, 0.25) is 0 Å². The van der Waals surface area contributed by atoms with Crippen LogP contribution < -0.4 is 0 Å². The molecule has 1 aliphatic heterocycles. The van der Waals surface area contributed by atoms with Gasteiger partial charge >= 0.3 is 0 Å². The summed E-state index contributed by atoms with van der Waals surface area (Å²) in [5.41, 5.74) is 0. The second-order valence-corrected chi connectivity index (χ2v) is 4.93. The van der Waals surface area contributed by atoms with Gasteiger partial charge in [-0.05, 0) is 26.2 Å². The summed E-state index contributed by atoms with van der Waals surface area (Å²) < 4.78 is 0. The maximum Gasteiger partial charge on any atom is 0.159 e. The van der Waals surface area contributed by atoms with E-state index in [1.54, 1.807) is 0 Å². The molecule has 1 saturated carbocycles. The lowest BCUT2D eigenvalue weighted by atomic mass is 10.2. The second kappa shape index (κ2) is 4.53. The summed E-state index contributed by atoms with van der Waals surface area (Å²) in [6, 6.07) is 0.343. The van der Waals surface area contributed by atoms with E-state index in [1.807, 2.05) is 11.8 Å². The van der Waals surface area contributed by atoms with Gasteiger partial charge in [0, 0.05) is 18.8 Å². The SMILES string of the molecule is CC/N=C1\SCCN1C1CCCC1O. The Balaban J connectivity index is 2.05. The minimum absolute atomic E-state index is 0.129. The number of thioether (sulfide) groups is 1. The average molecular weight is 214 g/mol. The Morgan fingerprint density at radius 2 is 2.43 bits per heavy atom. The first-order valence-corrected chi connectivity index (χ1v) is 6.43. The van der Waals surface area contributed by atoms with Crippen molar-refractivity contribution >= 4 is 16.9 Å². The number of hydrogen-bond donors (Lipinski definition) is 1. The zero-order chi connectivity index (χ0) is 9.97. The van der Waals surface area contributed by atoms with Crippen LogP contribution in [0.2, 0.25) is 0 Å². The number of aliphatic imine (C=N–C) groups is 1. The van der Waals surface area contributed by atoms with Crippen LogP contribution in [-0.2, 0) is 0 Å². The average Bonchev–Trinajstić information content (AvgIpc) is 2.74. The van der Waals surface area contributed by atoms with Crippen LogP contribution in [0, 0.1) is 0 Å². The number of amidine groups is 1. The van der Waals surface area contributed by atoms with Gasteiger partial charge in [-0.1, -0.05) is 11.8 Å². The maximum atomic E-state index is 9.83. The van der Waals surface area contributed by atoms with Crippen molar-refractivity contribution in [2.75, 3.05) is 18.8 Å². The van der Waals surface area contributed by atoms with E-state index < -0.39 is 0 Å². The molecule has 2 atom stereocenters. The maximum absolute atomic E-state index is 9.83. The molecule has 0 spiro atoms. The van der Waals surface area contributed by atoms with Gasteiger partial charge in [0.15, 0.2) is 5.17 Å². The molecule has 2 aliphatic rings. The topological polar surface area (TPSA) is 35.8 Å². The summed E-state index contributed by atoms with van der Waals surface area (Å²) >= 11 is 1.83. The van der Waals surface area contributed by atoms with Gasteiger partial charge in [0.1, 0.15) is 0 Å². The molecule has 2 unspecified atom stereocenters.